The van der Waals surface area contributed by atoms with Crippen molar-refractivity contribution in [1.29, 1.82) is 0 Å². The fourth-order valence-electron chi connectivity index (χ4n) is 18.9. The second-order valence-corrected chi connectivity index (χ2v) is 36.5. The van der Waals surface area contributed by atoms with Gasteiger partial charge in [0.05, 0.1) is 41.0 Å². The molecular formula is C103H73BrN6Si. The van der Waals surface area contributed by atoms with Crippen molar-refractivity contribution >= 4 is 150 Å². The van der Waals surface area contributed by atoms with E-state index in [4.69, 9.17) is 0 Å². The summed E-state index contributed by atoms with van der Waals surface area (Å²) in [6.07, 6.45) is 7.58. The van der Waals surface area contributed by atoms with E-state index in [-0.39, 0.29) is 0 Å². The first-order valence-electron chi connectivity index (χ1n) is 38.2. The third kappa shape index (κ3) is 10.3. The zero-order valence-electron chi connectivity index (χ0n) is 61.5. The zero-order chi connectivity index (χ0) is 74.1. The normalized spacial score (nSPS) is 13.2. The molecule has 0 aliphatic heterocycles. The lowest BCUT2D eigenvalue weighted by Crippen LogP contribution is -2.37. The predicted molar refractivity (Wildman–Crippen MR) is 471 cm³/mol. The molecule has 6 nitrogen and oxygen atoms in total. The fourth-order valence-corrected chi connectivity index (χ4v) is 20.4. The molecule has 0 saturated heterocycles. The second kappa shape index (κ2) is 26.0. The number of aromatic nitrogens is 4. The standard InChI is InChI=1S/C53H41N3Si.C50H32BrN3/c1-57(2,3)44-25-27-50-46(35-44)45-33-42(24-26-49(45)56(50)40-19-11-6-12-20-40)55(41-28-30-54-31-29-41)43-32-37-23-22-36-14-13-21-47-51(36)52(37)48(34-43)53(47,38-15-7-4-8-16-38)39-17-9-5-10-18-39;51-37-21-23-46-42(30-37)43-31-40(22-24-47(43)54(46)38-16-8-3-9-17-38)53(39-25-27-52-28-26-39)41-29-34-20-19-33-11-10-18-44-48(33)49(34)45(32-41)50(44,35-12-4-1-5-13-35)36-14-6-2-7-15-36/h4-35H,1-3H3;1-32H. The zero-order valence-corrected chi connectivity index (χ0v) is 64.1. The van der Waals surface area contributed by atoms with Gasteiger partial charge in [0.2, 0.25) is 0 Å². The van der Waals surface area contributed by atoms with Crippen LogP contribution < -0.4 is 15.0 Å². The van der Waals surface area contributed by atoms with Crippen molar-refractivity contribution in [2.75, 3.05) is 9.80 Å². The van der Waals surface area contributed by atoms with Gasteiger partial charge in [0, 0.05) is 96.3 Å². The maximum absolute atomic E-state index is 4.47. The van der Waals surface area contributed by atoms with Crippen LogP contribution in [0.25, 0.3) is 98.1 Å². The number of rotatable bonds is 13. The molecule has 20 aromatic rings. The molecule has 8 heteroatoms. The molecule has 0 N–H and O–H groups in total. The molecule has 4 aromatic heterocycles. The number of para-hydroxylation sites is 2. The summed E-state index contributed by atoms with van der Waals surface area (Å²) in [7, 11) is -1.59. The number of hydrogen-bond donors (Lipinski definition) is 0. The van der Waals surface area contributed by atoms with Gasteiger partial charge < -0.3 is 18.9 Å². The van der Waals surface area contributed by atoms with E-state index in [1.165, 1.54) is 137 Å². The van der Waals surface area contributed by atoms with Crippen LogP contribution in [0.4, 0.5) is 34.1 Å². The SMILES string of the molecule is Brc1ccc2c(c1)c1cc(N(c3ccncc3)c3cc4c5c(ccc6cccc(c65)C4(c4ccccc4)c4ccccc4)c3)ccc1n2-c1ccccc1.C[Si](C)(C)c1ccc2c(c1)c1cc(N(c3ccncc3)c3cc4c5c(ccc6cccc(c65)C4(c4ccccc4)c4ccccc4)c3)ccc1n2-c1ccccc1. The van der Waals surface area contributed by atoms with E-state index in [0.717, 1.165) is 49.8 Å². The van der Waals surface area contributed by atoms with Gasteiger partial charge in [-0.1, -0.05) is 271 Å². The van der Waals surface area contributed by atoms with Crippen LogP contribution >= 0.6 is 15.9 Å². The third-order valence-corrected chi connectivity index (χ3v) is 26.1. The van der Waals surface area contributed by atoms with Crippen molar-refractivity contribution in [1.82, 2.24) is 19.1 Å². The van der Waals surface area contributed by atoms with Crippen LogP contribution in [0.2, 0.25) is 19.6 Å². The number of hydrogen-bond acceptors (Lipinski definition) is 4. The highest BCUT2D eigenvalue weighted by Crippen LogP contribution is 2.60. The number of nitrogens with zero attached hydrogens (tertiary/aromatic N) is 6. The fraction of sp³-hybridized carbons (Fsp3) is 0.0485. The van der Waals surface area contributed by atoms with Crippen LogP contribution in [-0.4, -0.2) is 27.2 Å². The molecule has 4 heterocycles. The Morgan fingerprint density at radius 2 is 0.613 bits per heavy atom. The van der Waals surface area contributed by atoms with Gasteiger partial charge in [0.15, 0.2) is 0 Å². The molecular weight excluding hydrogens is 1430 g/mol. The van der Waals surface area contributed by atoms with Crippen molar-refractivity contribution < 1.29 is 0 Å². The van der Waals surface area contributed by atoms with Crippen molar-refractivity contribution in [3.8, 4) is 11.4 Å². The Morgan fingerprint density at radius 3 is 1.01 bits per heavy atom. The van der Waals surface area contributed by atoms with E-state index in [0.29, 0.717) is 0 Å². The van der Waals surface area contributed by atoms with E-state index in [1.54, 1.807) is 0 Å². The van der Waals surface area contributed by atoms with Gasteiger partial charge in [-0.15, -0.1) is 0 Å². The molecule has 0 amide bonds. The Balaban J connectivity index is 0.000000141. The Labute approximate surface area is 653 Å². The number of fused-ring (bicyclic) bond motifs is 6. The first kappa shape index (κ1) is 66.0. The molecule has 0 fully saturated rings. The van der Waals surface area contributed by atoms with Crippen LogP contribution in [-0.2, 0) is 10.8 Å². The Morgan fingerprint density at radius 1 is 0.270 bits per heavy atom. The van der Waals surface area contributed by atoms with Gasteiger partial charge in [-0.3, -0.25) is 9.97 Å². The summed E-state index contributed by atoms with van der Waals surface area (Å²) < 4.78 is 5.84. The lowest BCUT2D eigenvalue weighted by atomic mass is 9.67. The van der Waals surface area contributed by atoms with Gasteiger partial charge in [-0.2, -0.15) is 0 Å². The quantitative estimate of drug-likeness (QED) is 0.0852. The van der Waals surface area contributed by atoms with Crippen LogP contribution in [0.15, 0.2) is 393 Å². The first-order valence-corrected chi connectivity index (χ1v) is 42.5. The van der Waals surface area contributed by atoms with E-state index in [1.807, 2.05) is 24.8 Å². The largest absolute Gasteiger partial charge is 0.310 e. The number of benzene rings is 16. The second-order valence-electron chi connectivity index (χ2n) is 30.6. The summed E-state index contributed by atoms with van der Waals surface area (Å²) in [5.41, 5.74) is 22.8. The van der Waals surface area contributed by atoms with E-state index >= 15 is 0 Å². The van der Waals surface area contributed by atoms with Crippen LogP contribution in [0, 0.1) is 0 Å². The molecule has 0 radical (unpaired) electrons. The summed E-state index contributed by atoms with van der Waals surface area (Å²) in [4.78, 5) is 13.7. The Hall–Kier alpha value is -13.2. The van der Waals surface area contributed by atoms with Crippen molar-refractivity contribution in [2.24, 2.45) is 0 Å². The highest BCUT2D eigenvalue weighted by atomic mass is 79.9. The van der Waals surface area contributed by atoms with Gasteiger partial charge in [-0.25, -0.2) is 0 Å². The summed E-state index contributed by atoms with van der Waals surface area (Å²) in [5.74, 6) is 0. The van der Waals surface area contributed by atoms with E-state index in [2.05, 4.69) is 428 Å². The maximum atomic E-state index is 4.47. The summed E-state index contributed by atoms with van der Waals surface area (Å²) in [6.45, 7) is 7.30. The molecule has 0 unspecified atom stereocenters. The predicted octanol–water partition coefficient (Wildman–Crippen LogP) is 26.6. The molecule has 22 rings (SSSR count). The Bertz CT molecular complexity index is 6970. The van der Waals surface area contributed by atoms with Gasteiger partial charge in [0.25, 0.3) is 0 Å². The highest BCUT2D eigenvalue weighted by Gasteiger charge is 2.47. The first-order chi connectivity index (χ1) is 54.6. The average Bonchev–Trinajstić information content (AvgIpc) is 1.53. The Kier molecular flexibility index (Phi) is 15.5. The van der Waals surface area contributed by atoms with Crippen molar-refractivity contribution in [3.05, 3.63) is 438 Å². The summed E-state index contributed by atoms with van der Waals surface area (Å²) >= 11 is 3.78. The topological polar surface area (TPSA) is 42.1 Å². The highest BCUT2D eigenvalue weighted by molar-refractivity contribution is 9.10. The van der Waals surface area contributed by atoms with Crippen LogP contribution in [0.3, 0.4) is 0 Å². The minimum atomic E-state index is -1.59. The van der Waals surface area contributed by atoms with Crippen LogP contribution in [0.5, 0.6) is 0 Å². The minimum Gasteiger partial charge on any atom is -0.310 e. The van der Waals surface area contributed by atoms with Gasteiger partial charge in [-0.05, 0) is 221 Å². The molecule has 111 heavy (non-hydrogen) atoms. The molecule has 0 spiro atoms. The maximum Gasteiger partial charge on any atom is 0.0776 e. The van der Waals surface area contributed by atoms with Crippen LogP contribution in [0.1, 0.15) is 44.5 Å². The molecule has 0 atom stereocenters. The summed E-state index contributed by atoms with van der Waals surface area (Å²) in [6, 6.07) is 134. The lowest BCUT2D eigenvalue weighted by molar-refractivity contribution is 0.771. The van der Waals surface area contributed by atoms with Gasteiger partial charge >= 0.3 is 0 Å². The smallest absolute Gasteiger partial charge is 0.0776 e. The molecule has 2 aliphatic rings. The van der Waals surface area contributed by atoms with Crippen molar-refractivity contribution in [3.63, 3.8) is 0 Å². The molecule has 16 aromatic carbocycles. The van der Waals surface area contributed by atoms with E-state index < -0.39 is 18.9 Å². The minimum absolute atomic E-state index is 0.510. The molecule has 526 valence electrons. The third-order valence-electron chi connectivity index (χ3n) is 23.6. The average molecular weight is 1500 g/mol. The molecule has 0 bridgehead atoms. The number of anilines is 6. The monoisotopic (exact) mass is 1500 g/mol. The van der Waals surface area contributed by atoms with Gasteiger partial charge in [0.1, 0.15) is 0 Å². The number of halogens is 1. The number of pyridine rings is 2. The van der Waals surface area contributed by atoms with Crippen molar-refractivity contribution in [2.45, 2.75) is 30.5 Å². The summed E-state index contributed by atoms with van der Waals surface area (Å²) in [5, 5.41) is 16.7. The molecule has 0 saturated carbocycles. The molecule has 2 aliphatic carbocycles. The lowest BCUT2D eigenvalue weighted by Gasteiger charge is -2.35. The van der Waals surface area contributed by atoms with E-state index in [9.17, 15) is 0 Å².